The van der Waals surface area contributed by atoms with Gasteiger partial charge in [-0.1, -0.05) is 42.1 Å². The number of thioether (sulfide) groups is 1. The average molecular weight is 311 g/mol. The molecule has 1 aliphatic heterocycles. The number of nitrogens with zero attached hydrogens (tertiary/aromatic N) is 2. The number of hydrogen-bond acceptors (Lipinski definition) is 6. The molecule has 0 N–H and O–H groups in total. The molecule has 1 unspecified atom stereocenters. The number of halogens is 1. The highest BCUT2D eigenvalue weighted by Crippen LogP contribution is 2.36. The van der Waals surface area contributed by atoms with Gasteiger partial charge in [0.25, 0.3) is 11.1 Å². The van der Waals surface area contributed by atoms with Gasteiger partial charge >= 0.3 is 0 Å². The molecule has 7 heteroatoms. The van der Waals surface area contributed by atoms with Crippen LogP contribution in [-0.2, 0) is 0 Å². The highest BCUT2D eigenvalue weighted by atomic mass is 35.5. The van der Waals surface area contributed by atoms with Crippen molar-refractivity contribution in [3.05, 3.63) is 41.8 Å². The fourth-order valence-electron chi connectivity index (χ4n) is 1.69. The molecule has 1 aromatic heterocycles. The summed E-state index contributed by atoms with van der Waals surface area (Å²) in [6.07, 6.45) is -0.397. The minimum atomic E-state index is -0.397. The van der Waals surface area contributed by atoms with E-state index in [1.165, 1.54) is 11.8 Å². The van der Waals surface area contributed by atoms with E-state index in [9.17, 15) is 0 Å². The van der Waals surface area contributed by atoms with Crippen molar-refractivity contribution in [3.8, 4) is 11.5 Å². The number of para-hydroxylation sites is 2. The molecule has 2 aromatic rings. The molecule has 0 amide bonds. The summed E-state index contributed by atoms with van der Waals surface area (Å²) in [5, 5.41) is 8.87. The predicted octanol–water partition coefficient (Wildman–Crippen LogP) is 3.43. The van der Waals surface area contributed by atoms with Crippen LogP contribution in [0.5, 0.6) is 11.5 Å². The minimum Gasteiger partial charge on any atom is -0.485 e. The van der Waals surface area contributed by atoms with E-state index >= 15 is 0 Å². The van der Waals surface area contributed by atoms with Gasteiger partial charge in [0.1, 0.15) is 6.61 Å². The van der Waals surface area contributed by atoms with Gasteiger partial charge in [0.05, 0.1) is 0 Å². The van der Waals surface area contributed by atoms with E-state index in [2.05, 4.69) is 16.8 Å². The molecular weight excluding hydrogens is 300 g/mol. The largest absolute Gasteiger partial charge is 0.485 e. The van der Waals surface area contributed by atoms with Crippen LogP contribution < -0.4 is 9.47 Å². The number of ether oxygens (including phenoxy) is 2. The summed E-state index contributed by atoms with van der Waals surface area (Å²) < 4.78 is 16.9. The second-order valence-electron chi connectivity index (χ2n) is 4.08. The Bertz CT molecular complexity index is 632. The van der Waals surface area contributed by atoms with Crippen molar-refractivity contribution in [1.29, 1.82) is 0 Å². The van der Waals surface area contributed by atoms with Crippen molar-refractivity contribution in [2.24, 2.45) is 0 Å². The lowest BCUT2D eigenvalue weighted by Crippen LogP contribution is -2.21. The monoisotopic (exact) mass is 310 g/mol. The van der Waals surface area contributed by atoms with Gasteiger partial charge in [0.2, 0.25) is 6.10 Å². The van der Waals surface area contributed by atoms with Crippen LogP contribution in [0.3, 0.4) is 0 Å². The predicted molar refractivity (Wildman–Crippen MR) is 75.3 cm³/mol. The van der Waals surface area contributed by atoms with Gasteiger partial charge in [0.15, 0.2) is 11.5 Å². The molecule has 104 valence electrons. The molecule has 20 heavy (non-hydrogen) atoms. The molecule has 5 nitrogen and oxygen atoms in total. The molecule has 1 atom stereocenters. The van der Waals surface area contributed by atoms with E-state index in [4.69, 9.17) is 25.5 Å². The third-order valence-corrected chi connectivity index (χ3v) is 3.76. The Balaban J connectivity index is 1.70. The van der Waals surface area contributed by atoms with Gasteiger partial charge in [-0.05, 0) is 12.1 Å². The molecule has 0 spiro atoms. The maximum Gasteiger partial charge on any atom is 0.277 e. The topological polar surface area (TPSA) is 57.4 Å². The molecule has 0 aliphatic carbocycles. The Kier molecular flexibility index (Phi) is 3.84. The molecule has 0 saturated carbocycles. The van der Waals surface area contributed by atoms with E-state index in [0.717, 1.165) is 5.75 Å². The minimum absolute atomic E-state index is 0.339. The number of aromatic nitrogens is 2. The van der Waals surface area contributed by atoms with Crippen LogP contribution in [0.1, 0.15) is 12.0 Å². The number of fused-ring (bicyclic) bond motifs is 1. The summed E-state index contributed by atoms with van der Waals surface area (Å²) >= 11 is 7.02. The van der Waals surface area contributed by atoms with Crippen LogP contribution in [0.2, 0.25) is 0 Å². The summed E-state index contributed by atoms with van der Waals surface area (Å²) in [5.41, 5.74) is 0. The summed E-state index contributed by atoms with van der Waals surface area (Å²) in [5.74, 6) is 2.30. The van der Waals surface area contributed by atoms with Crippen LogP contribution >= 0.6 is 23.4 Å². The van der Waals surface area contributed by atoms with Crippen LogP contribution in [0, 0.1) is 0 Å². The first-order valence-corrected chi connectivity index (χ1v) is 7.26. The van der Waals surface area contributed by atoms with Crippen LogP contribution in [0.4, 0.5) is 0 Å². The van der Waals surface area contributed by atoms with Crippen molar-refractivity contribution in [3.63, 3.8) is 0 Å². The van der Waals surface area contributed by atoms with E-state index in [1.807, 2.05) is 24.3 Å². The fraction of sp³-hybridized carbons (Fsp3) is 0.231. The SMILES string of the molecule is C=C(Cl)CSc1nnc(C2COc3ccccc3O2)o1. The van der Waals surface area contributed by atoms with E-state index in [1.54, 1.807) is 0 Å². The molecule has 0 saturated heterocycles. The standard InChI is InChI=1S/C13H11ClN2O3S/c1-8(14)7-20-13-16-15-12(19-13)11-6-17-9-4-2-3-5-10(9)18-11/h2-5,11H,1,6-7H2. The van der Waals surface area contributed by atoms with Gasteiger partial charge in [0, 0.05) is 10.8 Å². The Morgan fingerprint density at radius 3 is 2.95 bits per heavy atom. The van der Waals surface area contributed by atoms with Gasteiger partial charge in [-0.15, -0.1) is 10.2 Å². The highest BCUT2D eigenvalue weighted by molar-refractivity contribution is 7.99. The summed E-state index contributed by atoms with van der Waals surface area (Å²) in [6, 6.07) is 7.46. The molecule has 1 aliphatic rings. The fourth-order valence-corrected chi connectivity index (χ4v) is 2.38. The van der Waals surface area contributed by atoms with Gasteiger partial charge in [-0.3, -0.25) is 0 Å². The lowest BCUT2D eigenvalue weighted by Gasteiger charge is -2.23. The van der Waals surface area contributed by atoms with Gasteiger partial charge in [-0.25, -0.2) is 0 Å². The van der Waals surface area contributed by atoms with Crippen LogP contribution in [0.25, 0.3) is 0 Å². The van der Waals surface area contributed by atoms with E-state index in [-0.39, 0.29) is 0 Å². The summed E-state index contributed by atoms with van der Waals surface area (Å²) in [6.45, 7) is 3.94. The molecule has 0 bridgehead atoms. The zero-order valence-electron chi connectivity index (χ0n) is 10.4. The van der Waals surface area contributed by atoms with Crippen molar-refractivity contribution in [1.82, 2.24) is 10.2 Å². The highest BCUT2D eigenvalue weighted by Gasteiger charge is 2.27. The average Bonchev–Trinajstić information content (AvgIpc) is 2.93. The van der Waals surface area contributed by atoms with E-state index in [0.29, 0.717) is 34.3 Å². The molecular formula is C13H11ClN2O3S. The third kappa shape index (κ3) is 2.91. The van der Waals surface area contributed by atoms with Crippen molar-refractivity contribution in [2.75, 3.05) is 12.4 Å². The molecule has 3 rings (SSSR count). The summed E-state index contributed by atoms with van der Waals surface area (Å²) in [7, 11) is 0. The maximum atomic E-state index is 5.78. The van der Waals surface area contributed by atoms with Gasteiger partial charge in [-0.2, -0.15) is 0 Å². The maximum absolute atomic E-state index is 5.78. The number of benzene rings is 1. The third-order valence-electron chi connectivity index (χ3n) is 2.56. The Hall–Kier alpha value is -1.66. The second-order valence-corrected chi connectivity index (χ2v) is 5.54. The lowest BCUT2D eigenvalue weighted by atomic mass is 10.2. The lowest BCUT2D eigenvalue weighted by molar-refractivity contribution is 0.0686. The summed E-state index contributed by atoms with van der Waals surface area (Å²) in [4.78, 5) is 0. The van der Waals surface area contributed by atoms with Crippen molar-refractivity contribution in [2.45, 2.75) is 11.3 Å². The quantitative estimate of drug-likeness (QED) is 0.806. The second kappa shape index (κ2) is 5.76. The first kappa shape index (κ1) is 13.3. The normalized spacial score (nSPS) is 16.9. The van der Waals surface area contributed by atoms with Crippen molar-refractivity contribution >= 4 is 23.4 Å². The zero-order chi connectivity index (χ0) is 13.9. The van der Waals surface area contributed by atoms with Crippen molar-refractivity contribution < 1.29 is 13.9 Å². The molecule has 2 heterocycles. The first-order valence-electron chi connectivity index (χ1n) is 5.90. The van der Waals surface area contributed by atoms with Gasteiger partial charge < -0.3 is 13.9 Å². The van der Waals surface area contributed by atoms with Crippen LogP contribution in [0.15, 0.2) is 45.5 Å². The van der Waals surface area contributed by atoms with E-state index < -0.39 is 6.10 Å². The zero-order valence-corrected chi connectivity index (χ0v) is 12.0. The molecule has 0 radical (unpaired) electrons. The number of hydrogen-bond donors (Lipinski definition) is 0. The first-order chi connectivity index (χ1) is 9.72. The Labute approximate surface area is 124 Å². The number of rotatable bonds is 4. The Morgan fingerprint density at radius 1 is 1.35 bits per heavy atom. The smallest absolute Gasteiger partial charge is 0.277 e. The van der Waals surface area contributed by atoms with Crippen LogP contribution in [-0.4, -0.2) is 22.6 Å². The molecule has 1 aromatic carbocycles. The Morgan fingerprint density at radius 2 is 2.15 bits per heavy atom. The molecule has 0 fully saturated rings.